The average Bonchev–Trinajstić information content (AvgIpc) is 2.56. The van der Waals surface area contributed by atoms with E-state index in [2.05, 4.69) is 42.4 Å². The Morgan fingerprint density at radius 1 is 1.00 bits per heavy atom. The van der Waals surface area contributed by atoms with Crippen molar-refractivity contribution in [2.75, 3.05) is 13.7 Å². The molecule has 1 aromatic heterocycles. The maximum Gasteiger partial charge on any atom is 0.333 e. The lowest BCUT2D eigenvalue weighted by Gasteiger charge is -2.15. The van der Waals surface area contributed by atoms with Crippen molar-refractivity contribution in [3.63, 3.8) is 0 Å². The van der Waals surface area contributed by atoms with Crippen molar-refractivity contribution in [1.82, 2.24) is 9.97 Å². The van der Waals surface area contributed by atoms with Gasteiger partial charge in [0.05, 0.1) is 18.3 Å². The Kier molecular flexibility index (Phi) is 5.22. The largest absolute Gasteiger partial charge is 0.466 e. The minimum absolute atomic E-state index is 0.217. The summed E-state index contributed by atoms with van der Waals surface area (Å²) in [5.41, 5.74) is 7.18. The first-order valence-electron chi connectivity index (χ1n) is 7.90. The number of nitrogens with zero attached hydrogens (tertiary/aromatic N) is 2. The number of esters is 1. The van der Waals surface area contributed by atoms with E-state index >= 15 is 0 Å². The van der Waals surface area contributed by atoms with Gasteiger partial charge in [0.25, 0.3) is 0 Å². The van der Waals surface area contributed by atoms with E-state index in [4.69, 9.17) is 4.74 Å². The predicted molar refractivity (Wildman–Crippen MR) is 94.5 cm³/mol. The minimum atomic E-state index is -0.369. The topological polar surface area (TPSA) is 61.3 Å². The Hall–Kier alpha value is -2.43. The summed E-state index contributed by atoms with van der Waals surface area (Å²) in [5.74, 6) is -0.369. The molecule has 128 valence electrons. The normalized spacial score (nSPS) is 11.7. The number of fused-ring (bicyclic) bond motifs is 1. The van der Waals surface area contributed by atoms with Crippen LogP contribution < -0.4 is 4.74 Å². The molecule has 0 aliphatic rings. The summed E-state index contributed by atoms with van der Waals surface area (Å²) in [7, 11) is 1.35. The van der Waals surface area contributed by atoms with Gasteiger partial charge in [-0.15, -0.1) is 0 Å². The number of aryl methyl sites for hydroxylation is 3. The molecule has 1 aromatic carbocycles. The van der Waals surface area contributed by atoms with Gasteiger partial charge in [-0.3, -0.25) is 0 Å². The van der Waals surface area contributed by atoms with Crippen molar-refractivity contribution in [2.24, 2.45) is 0 Å². The second-order valence-corrected chi connectivity index (χ2v) is 6.00. The first-order valence-corrected chi connectivity index (χ1v) is 7.90. The molecule has 0 saturated heterocycles. The molecular formula is C19H24N2O3. The third-order valence-electron chi connectivity index (χ3n) is 4.60. The molecule has 0 atom stereocenters. The van der Waals surface area contributed by atoms with E-state index in [1.165, 1.54) is 23.8 Å². The zero-order chi connectivity index (χ0) is 18.0. The lowest BCUT2D eigenvalue weighted by Crippen LogP contribution is -2.06. The molecule has 0 radical (unpaired) electrons. The summed E-state index contributed by atoms with van der Waals surface area (Å²) in [6.45, 7) is 12.3. The molecule has 0 N–H and O–H groups in total. The van der Waals surface area contributed by atoms with E-state index in [1.54, 1.807) is 13.0 Å². The van der Waals surface area contributed by atoms with Crippen LogP contribution in [0.1, 0.15) is 34.9 Å². The van der Waals surface area contributed by atoms with Gasteiger partial charge in [0.15, 0.2) is 0 Å². The van der Waals surface area contributed by atoms with E-state index in [0.29, 0.717) is 11.6 Å². The molecule has 0 amide bonds. The molecule has 0 spiro atoms. The number of carbonyl (C=O) groups excluding carboxylic acids is 1. The maximum absolute atomic E-state index is 11.4. The molecule has 0 saturated carbocycles. The van der Waals surface area contributed by atoms with Crippen LogP contribution in [0.3, 0.4) is 0 Å². The first-order chi connectivity index (χ1) is 11.3. The molecule has 5 nitrogen and oxygen atoms in total. The Morgan fingerprint density at radius 2 is 1.62 bits per heavy atom. The van der Waals surface area contributed by atoms with Crippen molar-refractivity contribution < 1.29 is 14.3 Å². The molecule has 1 heterocycles. The van der Waals surface area contributed by atoms with Gasteiger partial charge in [0.1, 0.15) is 6.61 Å². The molecule has 0 bridgehead atoms. The molecule has 2 rings (SSSR count). The number of hydrogen-bond acceptors (Lipinski definition) is 5. The van der Waals surface area contributed by atoms with E-state index in [1.807, 2.05) is 6.92 Å². The maximum atomic E-state index is 11.4. The van der Waals surface area contributed by atoms with Gasteiger partial charge in [-0.1, -0.05) is 0 Å². The molecule has 0 fully saturated rings. The zero-order valence-corrected chi connectivity index (χ0v) is 15.4. The third kappa shape index (κ3) is 3.25. The first kappa shape index (κ1) is 17.9. The van der Waals surface area contributed by atoms with E-state index in [9.17, 15) is 4.79 Å². The standard InChI is InChI=1S/C19H24N2O3/c1-10(18(22)23-7)8-9-24-19-20-15(6)16-13(4)11(2)12(3)14(5)17(16)21-19/h8H,9H2,1-7H3/b10-8+. The molecule has 5 heteroatoms. The molecule has 0 aliphatic carbocycles. The SMILES string of the molecule is COC(=O)/C(C)=C/COc1nc(C)c2c(C)c(C)c(C)c(C)c2n1. The third-order valence-corrected chi connectivity index (χ3v) is 4.60. The fraction of sp³-hybridized carbons (Fsp3) is 0.421. The van der Waals surface area contributed by atoms with Gasteiger partial charge in [0, 0.05) is 11.0 Å². The monoisotopic (exact) mass is 328 g/mol. The zero-order valence-electron chi connectivity index (χ0n) is 15.4. The Bertz CT molecular complexity index is 839. The van der Waals surface area contributed by atoms with E-state index < -0.39 is 0 Å². The summed E-state index contributed by atoms with van der Waals surface area (Å²) in [6.07, 6.45) is 1.66. The van der Waals surface area contributed by atoms with Crippen LogP contribution in [-0.2, 0) is 9.53 Å². The van der Waals surface area contributed by atoms with E-state index in [0.717, 1.165) is 22.2 Å². The van der Waals surface area contributed by atoms with Crippen LogP contribution in [0.5, 0.6) is 6.01 Å². The van der Waals surface area contributed by atoms with Crippen molar-refractivity contribution >= 4 is 16.9 Å². The summed E-state index contributed by atoms with van der Waals surface area (Å²) >= 11 is 0. The summed E-state index contributed by atoms with van der Waals surface area (Å²) < 4.78 is 10.3. The number of aromatic nitrogens is 2. The lowest BCUT2D eigenvalue weighted by atomic mass is 9.94. The quantitative estimate of drug-likeness (QED) is 0.633. The van der Waals surface area contributed by atoms with Gasteiger partial charge in [0.2, 0.25) is 0 Å². The van der Waals surface area contributed by atoms with Crippen LogP contribution in [-0.4, -0.2) is 29.7 Å². The second-order valence-electron chi connectivity index (χ2n) is 6.00. The number of benzene rings is 1. The number of hydrogen-bond donors (Lipinski definition) is 0. The summed E-state index contributed by atoms with van der Waals surface area (Å²) in [4.78, 5) is 20.4. The lowest BCUT2D eigenvalue weighted by molar-refractivity contribution is -0.136. The number of methoxy groups -OCH3 is 1. The summed E-state index contributed by atoms with van der Waals surface area (Å²) in [5, 5.41) is 1.09. The van der Waals surface area contributed by atoms with Crippen LogP contribution >= 0.6 is 0 Å². The second kappa shape index (κ2) is 6.99. The fourth-order valence-electron chi connectivity index (χ4n) is 2.75. The average molecular weight is 328 g/mol. The van der Waals surface area contributed by atoms with Crippen LogP contribution in [0.15, 0.2) is 11.6 Å². The van der Waals surface area contributed by atoms with Crippen LogP contribution in [0.25, 0.3) is 10.9 Å². The van der Waals surface area contributed by atoms with Gasteiger partial charge in [-0.05, 0) is 69.9 Å². The minimum Gasteiger partial charge on any atom is -0.466 e. The highest BCUT2D eigenvalue weighted by Gasteiger charge is 2.14. The fourth-order valence-corrected chi connectivity index (χ4v) is 2.75. The highest BCUT2D eigenvalue weighted by molar-refractivity contribution is 5.89. The molecule has 0 unspecified atom stereocenters. The molecule has 2 aromatic rings. The van der Waals surface area contributed by atoms with Crippen molar-refractivity contribution in [3.8, 4) is 6.01 Å². The predicted octanol–water partition coefficient (Wildman–Crippen LogP) is 3.67. The van der Waals surface area contributed by atoms with Crippen molar-refractivity contribution in [2.45, 2.75) is 41.5 Å². The smallest absolute Gasteiger partial charge is 0.333 e. The highest BCUT2D eigenvalue weighted by atomic mass is 16.5. The van der Waals surface area contributed by atoms with Gasteiger partial charge in [-0.2, -0.15) is 9.97 Å². The van der Waals surface area contributed by atoms with Crippen molar-refractivity contribution in [3.05, 3.63) is 39.6 Å². The number of rotatable bonds is 4. The molecular weight excluding hydrogens is 304 g/mol. The number of ether oxygens (including phenoxy) is 2. The van der Waals surface area contributed by atoms with E-state index in [-0.39, 0.29) is 12.6 Å². The van der Waals surface area contributed by atoms with Gasteiger partial charge < -0.3 is 9.47 Å². The summed E-state index contributed by atoms with van der Waals surface area (Å²) in [6, 6.07) is 0.319. The molecule has 0 aliphatic heterocycles. The van der Waals surface area contributed by atoms with Crippen LogP contribution in [0, 0.1) is 34.6 Å². The van der Waals surface area contributed by atoms with Gasteiger partial charge >= 0.3 is 12.0 Å². The van der Waals surface area contributed by atoms with Crippen molar-refractivity contribution in [1.29, 1.82) is 0 Å². The van der Waals surface area contributed by atoms with Crippen LogP contribution in [0.2, 0.25) is 0 Å². The highest BCUT2D eigenvalue weighted by Crippen LogP contribution is 2.30. The Balaban J connectivity index is 2.39. The number of carbonyl (C=O) groups is 1. The van der Waals surface area contributed by atoms with Crippen LogP contribution in [0.4, 0.5) is 0 Å². The molecule has 24 heavy (non-hydrogen) atoms. The Labute approximate surface area is 142 Å². The Morgan fingerprint density at radius 3 is 2.25 bits per heavy atom. The van der Waals surface area contributed by atoms with Gasteiger partial charge in [-0.25, -0.2) is 4.79 Å².